The van der Waals surface area contributed by atoms with Crippen LogP contribution in [0.5, 0.6) is 5.75 Å². The van der Waals surface area contributed by atoms with Crippen molar-refractivity contribution in [3.8, 4) is 16.2 Å². The zero-order chi connectivity index (χ0) is 28.4. The summed E-state index contributed by atoms with van der Waals surface area (Å²) in [6.07, 6.45) is 2.52. The van der Waals surface area contributed by atoms with Crippen molar-refractivity contribution in [2.24, 2.45) is 5.92 Å². The number of carbonyl (C=O) groups excluding carboxylic acids is 1. The number of aliphatic carboxylic acids is 1. The van der Waals surface area contributed by atoms with Crippen molar-refractivity contribution < 1.29 is 37.0 Å². The van der Waals surface area contributed by atoms with E-state index in [1.54, 1.807) is 4.40 Å². The second-order valence-electron chi connectivity index (χ2n) is 9.83. The van der Waals surface area contributed by atoms with Gasteiger partial charge in [-0.1, -0.05) is 35.6 Å². The van der Waals surface area contributed by atoms with E-state index >= 15 is 0 Å². The summed E-state index contributed by atoms with van der Waals surface area (Å²) in [5, 5.41) is 11.5. The van der Waals surface area contributed by atoms with Crippen LogP contribution < -0.4 is 10.1 Å². The summed E-state index contributed by atoms with van der Waals surface area (Å²) in [5.74, 6) is -2.00. The number of amides is 1. The number of carboxylic acid groups (broad SMARTS) is 1. The van der Waals surface area contributed by atoms with Crippen LogP contribution in [0.2, 0.25) is 0 Å². The van der Waals surface area contributed by atoms with Gasteiger partial charge < -0.3 is 15.2 Å². The Bertz CT molecular complexity index is 1490. The number of alkyl halides is 3. The van der Waals surface area contributed by atoms with Crippen molar-refractivity contribution in [1.82, 2.24) is 14.7 Å². The maximum atomic E-state index is 14.0. The molecule has 0 saturated heterocycles. The highest BCUT2D eigenvalue weighted by molar-refractivity contribution is 7.20. The Labute approximate surface area is 230 Å². The molecule has 2 N–H and O–H groups in total. The molecule has 2 heterocycles. The lowest BCUT2D eigenvalue weighted by molar-refractivity contribution is -0.274. The Hall–Kier alpha value is -3.93. The Balaban J connectivity index is 1.20. The van der Waals surface area contributed by atoms with Crippen LogP contribution in [0, 0.1) is 11.7 Å². The molecule has 0 radical (unpaired) electrons. The molecule has 2 aromatic heterocycles. The van der Waals surface area contributed by atoms with Crippen molar-refractivity contribution in [2.75, 3.05) is 0 Å². The first-order valence-corrected chi connectivity index (χ1v) is 13.5. The Kier molecular flexibility index (Phi) is 7.79. The van der Waals surface area contributed by atoms with Gasteiger partial charge in [-0.05, 0) is 66.8 Å². The molecule has 1 saturated carbocycles. The van der Waals surface area contributed by atoms with Crippen LogP contribution in [0.1, 0.15) is 59.6 Å². The quantitative estimate of drug-likeness (QED) is 0.226. The van der Waals surface area contributed by atoms with E-state index < -0.39 is 29.8 Å². The lowest BCUT2D eigenvalue weighted by Gasteiger charge is -2.28. The van der Waals surface area contributed by atoms with E-state index in [2.05, 4.69) is 27.2 Å². The number of ether oxygens (including phenoxy) is 1. The molecule has 5 rings (SSSR count). The molecule has 40 heavy (non-hydrogen) atoms. The van der Waals surface area contributed by atoms with Gasteiger partial charge in [0, 0.05) is 30.9 Å². The van der Waals surface area contributed by atoms with Crippen molar-refractivity contribution in [1.29, 1.82) is 0 Å². The van der Waals surface area contributed by atoms with Crippen LogP contribution in [0.25, 0.3) is 15.4 Å². The molecule has 1 aliphatic rings. The number of hydrogen-bond acceptors (Lipinski definition) is 5. The monoisotopic (exact) mass is 575 g/mol. The number of nitrogens with zero attached hydrogens (tertiary/aromatic N) is 2. The number of imidazole rings is 1. The summed E-state index contributed by atoms with van der Waals surface area (Å²) >= 11 is 1.39. The van der Waals surface area contributed by atoms with Gasteiger partial charge in [-0.25, -0.2) is 9.37 Å². The summed E-state index contributed by atoms with van der Waals surface area (Å²) in [5.41, 5.74) is 2.18. The summed E-state index contributed by atoms with van der Waals surface area (Å²) in [6, 6.07) is 10.9. The minimum atomic E-state index is -4.91. The zero-order valence-corrected chi connectivity index (χ0v) is 21.9. The third kappa shape index (κ3) is 6.61. The topological polar surface area (TPSA) is 92.9 Å². The molecule has 12 heteroatoms. The number of rotatable bonds is 8. The molecular formula is C28H25F4N3O4S. The van der Waals surface area contributed by atoms with E-state index in [0.717, 1.165) is 54.3 Å². The lowest BCUT2D eigenvalue weighted by Crippen LogP contribution is -2.24. The maximum absolute atomic E-state index is 14.0. The SMILES string of the molecule is O=C(O)CC1CCC(c2ccc(-c3cn4cc(C(=O)NCc5cc(OC(F)(F)F)ccc5F)nc4s3)cc2)CC1. The predicted molar refractivity (Wildman–Crippen MR) is 140 cm³/mol. The number of carbonyl (C=O) groups is 2. The Morgan fingerprint density at radius 3 is 2.45 bits per heavy atom. The summed E-state index contributed by atoms with van der Waals surface area (Å²) in [4.78, 5) is 29.4. The molecule has 1 amide bonds. The number of benzene rings is 2. The normalized spacial score (nSPS) is 17.6. The highest BCUT2D eigenvalue weighted by Crippen LogP contribution is 2.38. The van der Waals surface area contributed by atoms with Crippen LogP contribution >= 0.6 is 11.3 Å². The highest BCUT2D eigenvalue weighted by Gasteiger charge is 2.31. The van der Waals surface area contributed by atoms with Gasteiger partial charge in [0.25, 0.3) is 5.91 Å². The van der Waals surface area contributed by atoms with Gasteiger partial charge >= 0.3 is 12.3 Å². The average Bonchev–Trinajstić information content (AvgIpc) is 3.48. The summed E-state index contributed by atoms with van der Waals surface area (Å²) in [6.45, 7) is -0.344. The van der Waals surface area contributed by atoms with E-state index in [0.29, 0.717) is 10.9 Å². The number of nitrogens with one attached hydrogen (secondary N) is 1. The van der Waals surface area contributed by atoms with Gasteiger partial charge in [0.2, 0.25) is 0 Å². The summed E-state index contributed by atoms with van der Waals surface area (Å²) < 4.78 is 56.9. The molecule has 7 nitrogen and oxygen atoms in total. The molecule has 0 bridgehead atoms. The zero-order valence-electron chi connectivity index (χ0n) is 21.1. The van der Waals surface area contributed by atoms with Gasteiger partial charge in [-0.3, -0.25) is 14.0 Å². The van der Waals surface area contributed by atoms with Crippen LogP contribution in [-0.2, 0) is 11.3 Å². The lowest BCUT2D eigenvalue weighted by atomic mass is 9.77. The van der Waals surface area contributed by atoms with Gasteiger partial charge in [0.15, 0.2) is 4.96 Å². The van der Waals surface area contributed by atoms with Crippen LogP contribution in [0.15, 0.2) is 54.9 Å². The largest absolute Gasteiger partial charge is 0.573 e. The first-order chi connectivity index (χ1) is 19.0. The summed E-state index contributed by atoms with van der Waals surface area (Å²) in [7, 11) is 0. The van der Waals surface area contributed by atoms with Gasteiger partial charge in [0.05, 0.1) is 4.88 Å². The minimum Gasteiger partial charge on any atom is -0.481 e. The van der Waals surface area contributed by atoms with Crippen molar-refractivity contribution >= 4 is 28.2 Å². The average molecular weight is 576 g/mol. The third-order valence-electron chi connectivity index (χ3n) is 7.06. The number of hydrogen-bond donors (Lipinski definition) is 2. The molecule has 0 unspecified atom stereocenters. The van der Waals surface area contributed by atoms with Crippen LogP contribution in [0.3, 0.4) is 0 Å². The van der Waals surface area contributed by atoms with E-state index in [-0.39, 0.29) is 30.1 Å². The van der Waals surface area contributed by atoms with E-state index in [4.69, 9.17) is 5.11 Å². The fraction of sp³-hybridized carbons (Fsp3) is 0.321. The smallest absolute Gasteiger partial charge is 0.481 e. The van der Waals surface area contributed by atoms with Gasteiger partial charge in [-0.2, -0.15) is 0 Å². The number of carboxylic acids is 1. The molecular weight excluding hydrogens is 550 g/mol. The molecule has 4 aromatic rings. The Morgan fingerprint density at radius 2 is 1.80 bits per heavy atom. The number of thiazole rings is 1. The molecule has 2 aromatic carbocycles. The molecule has 1 aliphatic carbocycles. The third-order valence-corrected chi connectivity index (χ3v) is 8.10. The fourth-order valence-electron chi connectivity index (χ4n) is 5.05. The van der Waals surface area contributed by atoms with E-state index in [9.17, 15) is 27.2 Å². The second-order valence-corrected chi connectivity index (χ2v) is 10.8. The van der Waals surface area contributed by atoms with Gasteiger partial charge in [-0.15, -0.1) is 13.2 Å². The van der Waals surface area contributed by atoms with Gasteiger partial charge in [0.1, 0.15) is 17.3 Å². The Morgan fingerprint density at radius 1 is 1.07 bits per heavy atom. The standard InChI is InChI=1S/C28H25F4N3O4S/c29-22-10-9-21(39-28(30,31)32)12-20(22)13-33-26(38)23-14-35-15-24(40-27(35)34-23)19-7-5-18(6-8-19)17-3-1-16(2-4-17)11-25(36)37/h5-10,12,14-17H,1-4,11,13H2,(H,33,38)(H,36,37). The molecule has 1 fully saturated rings. The first kappa shape index (κ1) is 27.6. The van der Waals surface area contributed by atoms with Crippen molar-refractivity contribution in [2.45, 2.75) is 50.9 Å². The van der Waals surface area contributed by atoms with E-state index in [1.165, 1.54) is 23.1 Å². The molecule has 0 aliphatic heterocycles. The molecule has 210 valence electrons. The molecule has 0 atom stereocenters. The second kappa shape index (κ2) is 11.3. The van der Waals surface area contributed by atoms with E-state index in [1.807, 2.05) is 18.3 Å². The fourth-order valence-corrected chi connectivity index (χ4v) is 6.03. The number of halogens is 4. The highest BCUT2D eigenvalue weighted by atomic mass is 32.1. The minimum absolute atomic E-state index is 0.0924. The molecule has 0 spiro atoms. The maximum Gasteiger partial charge on any atom is 0.573 e. The predicted octanol–water partition coefficient (Wildman–Crippen LogP) is 6.78. The van der Waals surface area contributed by atoms with Crippen LogP contribution in [0.4, 0.5) is 17.6 Å². The van der Waals surface area contributed by atoms with Crippen LogP contribution in [-0.4, -0.2) is 32.7 Å². The number of aromatic nitrogens is 2. The first-order valence-electron chi connectivity index (χ1n) is 12.7. The number of fused-ring (bicyclic) bond motifs is 1. The van der Waals surface area contributed by atoms with Crippen molar-refractivity contribution in [3.63, 3.8) is 0 Å². The van der Waals surface area contributed by atoms with Crippen molar-refractivity contribution in [3.05, 3.63) is 77.5 Å².